The average molecular weight is 404 g/mol. The zero-order chi connectivity index (χ0) is 19.9. The Bertz CT molecular complexity index is 800. The topological polar surface area (TPSA) is 63.7 Å². The number of methoxy groups -OCH3 is 2. The molecule has 0 saturated carbocycles. The van der Waals surface area contributed by atoms with Crippen LogP contribution in [0.4, 0.5) is 0 Å². The Morgan fingerprint density at radius 2 is 2.00 bits per heavy atom. The van der Waals surface area contributed by atoms with Crippen molar-refractivity contribution in [2.75, 3.05) is 40.4 Å². The smallest absolute Gasteiger partial charge is 0.263 e. The van der Waals surface area contributed by atoms with E-state index in [0.717, 1.165) is 41.4 Å². The van der Waals surface area contributed by atoms with Gasteiger partial charge in [0.2, 0.25) is 0 Å². The lowest BCUT2D eigenvalue weighted by atomic mass is 10.2. The van der Waals surface area contributed by atoms with Gasteiger partial charge in [0.15, 0.2) is 0 Å². The minimum absolute atomic E-state index is 0.0516. The maximum Gasteiger partial charge on any atom is 0.263 e. The molecule has 1 amide bonds. The van der Waals surface area contributed by atoms with Crippen LogP contribution in [0, 0.1) is 6.92 Å². The molecule has 1 aliphatic rings. The first kappa shape index (κ1) is 20.6. The van der Waals surface area contributed by atoms with E-state index in [1.54, 1.807) is 14.2 Å². The fourth-order valence-corrected chi connectivity index (χ4v) is 4.46. The Hall–Kier alpha value is -2.12. The third-order valence-corrected chi connectivity index (χ3v) is 6.21. The van der Waals surface area contributed by atoms with Gasteiger partial charge in [0.1, 0.15) is 21.4 Å². The van der Waals surface area contributed by atoms with Crippen LogP contribution in [0.1, 0.15) is 41.0 Å². The third-order valence-electron chi connectivity index (χ3n) is 5.03. The second-order valence-corrected chi connectivity index (χ2v) is 8.01. The monoisotopic (exact) mass is 403 g/mol. The fraction of sp³-hybridized carbons (Fsp3) is 0.524. The van der Waals surface area contributed by atoms with Crippen molar-refractivity contribution in [2.45, 2.75) is 32.6 Å². The molecule has 1 aliphatic heterocycles. The number of thiazole rings is 1. The van der Waals surface area contributed by atoms with E-state index in [2.05, 4.69) is 15.2 Å². The van der Waals surface area contributed by atoms with E-state index in [4.69, 9.17) is 9.47 Å². The van der Waals surface area contributed by atoms with Gasteiger partial charge in [-0.3, -0.25) is 4.79 Å². The van der Waals surface area contributed by atoms with Gasteiger partial charge >= 0.3 is 0 Å². The molecule has 1 aromatic heterocycles. The number of hydrogen-bond acceptors (Lipinski definition) is 6. The molecule has 1 saturated heterocycles. The lowest BCUT2D eigenvalue weighted by Crippen LogP contribution is -2.26. The number of nitrogens with one attached hydrogen (secondary N) is 1. The molecule has 2 aromatic rings. The van der Waals surface area contributed by atoms with Crippen LogP contribution < -0.4 is 14.8 Å². The van der Waals surface area contributed by atoms with Gasteiger partial charge in [0.05, 0.1) is 25.5 Å². The van der Waals surface area contributed by atoms with E-state index in [-0.39, 0.29) is 5.91 Å². The minimum Gasteiger partial charge on any atom is -0.497 e. The van der Waals surface area contributed by atoms with Crippen molar-refractivity contribution in [1.82, 2.24) is 15.2 Å². The number of benzene rings is 1. The molecule has 6 nitrogen and oxygen atoms in total. The number of hydrogen-bond donors (Lipinski definition) is 1. The minimum atomic E-state index is -0.0516. The van der Waals surface area contributed by atoms with Crippen LogP contribution in [0.25, 0.3) is 10.6 Å². The van der Waals surface area contributed by atoms with Crippen molar-refractivity contribution in [1.29, 1.82) is 0 Å². The Balaban J connectivity index is 1.59. The first-order chi connectivity index (χ1) is 13.6. The lowest BCUT2D eigenvalue weighted by Gasteiger charge is -2.13. The SMILES string of the molecule is COc1ccc(OC)c(-c2nc(C)c(C(=O)NCCCCN3CCCC3)s2)c1. The van der Waals surface area contributed by atoms with Crippen LogP contribution in [-0.2, 0) is 0 Å². The summed E-state index contributed by atoms with van der Waals surface area (Å²) in [5, 5.41) is 3.80. The standard InChI is InChI=1S/C21H29N3O3S/c1-15-19(20(25)22-10-4-5-11-24-12-6-7-13-24)28-21(23-15)17-14-16(26-2)8-9-18(17)27-3/h8-9,14H,4-7,10-13H2,1-3H3,(H,22,25). The van der Waals surface area contributed by atoms with E-state index in [9.17, 15) is 4.79 Å². The zero-order valence-corrected chi connectivity index (χ0v) is 17.7. The van der Waals surface area contributed by atoms with Crippen molar-refractivity contribution in [2.24, 2.45) is 0 Å². The third kappa shape index (κ3) is 5.02. The van der Waals surface area contributed by atoms with Gasteiger partial charge in [-0.25, -0.2) is 4.98 Å². The summed E-state index contributed by atoms with van der Waals surface area (Å²) in [5.74, 6) is 1.39. The van der Waals surface area contributed by atoms with Crippen molar-refractivity contribution in [3.8, 4) is 22.1 Å². The van der Waals surface area contributed by atoms with Crippen LogP contribution in [0.15, 0.2) is 18.2 Å². The Morgan fingerprint density at radius 3 is 2.71 bits per heavy atom. The molecule has 7 heteroatoms. The first-order valence-electron chi connectivity index (χ1n) is 9.82. The molecule has 0 bridgehead atoms. The van der Waals surface area contributed by atoms with Crippen LogP contribution in [0.3, 0.4) is 0 Å². The van der Waals surface area contributed by atoms with E-state index < -0.39 is 0 Å². The molecule has 28 heavy (non-hydrogen) atoms. The van der Waals surface area contributed by atoms with E-state index in [1.165, 1.54) is 37.3 Å². The number of unbranched alkanes of at least 4 members (excludes halogenated alkanes) is 1. The normalized spacial score (nSPS) is 14.2. The quantitative estimate of drug-likeness (QED) is 0.646. The highest BCUT2D eigenvalue weighted by Gasteiger charge is 2.19. The first-order valence-corrected chi connectivity index (χ1v) is 10.6. The molecule has 1 fully saturated rings. The molecule has 152 valence electrons. The van der Waals surface area contributed by atoms with E-state index >= 15 is 0 Å². The van der Waals surface area contributed by atoms with Crippen molar-refractivity contribution >= 4 is 17.2 Å². The summed E-state index contributed by atoms with van der Waals surface area (Å²) in [6.45, 7) is 6.15. The van der Waals surface area contributed by atoms with Crippen molar-refractivity contribution < 1.29 is 14.3 Å². The number of carbonyl (C=O) groups excluding carboxylic acids is 1. The second kappa shape index (κ2) is 9.89. The van der Waals surface area contributed by atoms with E-state index in [1.807, 2.05) is 25.1 Å². The Morgan fingerprint density at radius 1 is 1.21 bits per heavy atom. The number of aromatic nitrogens is 1. The van der Waals surface area contributed by atoms with Gasteiger partial charge in [-0.1, -0.05) is 0 Å². The fourth-order valence-electron chi connectivity index (χ4n) is 3.45. The molecule has 0 atom stereocenters. The van der Waals surface area contributed by atoms with Crippen LogP contribution in [-0.4, -0.2) is 56.2 Å². The van der Waals surface area contributed by atoms with Gasteiger partial charge in [-0.2, -0.15) is 0 Å². The summed E-state index contributed by atoms with van der Waals surface area (Å²) in [6.07, 6.45) is 4.76. The van der Waals surface area contributed by atoms with Gasteiger partial charge in [0, 0.05) is 6.54 Å². The number of ether oxygens (including phenoxy) is 2. The van der Waals surface area contributed by atoms with E-state index in [0.29, 0.717) is 17.2 Å². The largest absolute Gasteiger partial charge is 0.497 e. The lowest BCUT2D eigenvalue weighted by molar-refractivity contribution is 0.0956. The summed E-state index contributed by atoms with van der Waals surface area (Å²) >= 11 is 1.39. The van der Waals surface area contributed by atoms with Crippen LogP contribution >= 0.6 is 11.3 Å². The Kier molecular flexibility index (Phi) is 7.28. The van der Waals surface area contributed by atoms with Crippen molar-refractivity contribution in [3.63, 3.8) is 0 Å². The number of amides is 1. The predicted molar refractivity (Wildman–Crippen MR) is 113 cm³/mol. The molecule has 3 rings (SSSR count). The highest BCUT2D eigenvalue weighted by molar-refractivity contribution is 7.17. The molecule has 1 N–H and O–H groups in total. The highest BCUT2D eigenvalue weighted by atomic mass is 32.1. The molecule has 0 spiro atoms. The van der Waals surface area contributed by atoms with Gasteiger partial charge in [-0.15, -0.1) is 11.3 Å². The highest BCUT2D eigenvalue weighted by Crippen LogP contribution is 2.36. The number of carbonyl (C=O) groups is 1. The molecule has 0 unspecified atom stereocenters. The van der Waals surface area contributed by atoms with Gasteiger partial charge in [-0.05, 0) is 70.4 Å². The summed E-state index contributed by atoms with van der Waals surface area (Å²) in [5.41, 5.74) is 1.57. The molecule has 2 heterocycles. The van der Waals surface area contributed by atoms with Crippen molar-refractivity contribution in [3.05, 3.63) is 28.8 Å². The zero-order valence-electron chi connectivity index (χ0n) is 16.9. The predicted octanol–water partition coefficient (Wildman–Crippen LogP) is 3.74. The maximum absolute atomic E-state index is 12.6. The number of likely N-dealkylation sites (tertiary alicyclic amines) is 1. The van der Waals surface area contributed by atoms with Gasteiger partial charge < -0.3 is 19.7 Å². The molecule has 1 aromatic carbocycles. The summed E-state index contributed by atoms with van der Waals surface area (Å²) < 4.78 is 10.8. The molecule has 0 aliphatic carbocycles. The second-order valence-electron chi connectivity index (χ2n) is 7.01. The summed E-state index contributed by atoms with van der Waals surface area (Å²) in [7, 11) is 3.25. The number of rotatable bonds is 9. The molecular weight excluding hydrogens is 374 g/mol. The average Bonchev–Trinajstić information content (AvgIpc) is 3.36. The number of aryl methyl sites for hydroxylation is 1. The van der Waals surface area contributed by atoms with Crippen LogP contribution in [0.2, 0.25) is 0 Å². The maximum atomic E-state index is 12.6. The number of nitrogens with zero attached hydrogens (tertiary/aromatic N) is 2. The van der Waals surface area contributed by atoms with Crippen LogP contribution in [0.5, 0.6) is 11.5 Å². The molecule has 0 radical (unpaired) electrons. The Labute approximate surface area is 170 Å². The van der Waals surface area contributed by atoms with Gasteiger partial charge in [0.25, 0.3) is 5.91 Å². The summed E-state index contributed by atoms with van der Waals surface area (Å²) in [4.78, 5) is 20.4. The molecular formula is C21H29N3O3S. The summed E-state index contributed by atoms with van der Waals surface area (Å²) in [6, 6.07) is 5.58.